The molecule has 1 aliphatic heterocycles. The molecule has 1 N–H and O–H groups in total. The highest BCUT2D eigenvalue weighted by molar-refractivity contribution is 5.98. The summed E-state index contributed by atoms with van der Waals surface area (Å²) in [4.78, 5) is 25.0. The monoisotopic (exact) mass is 251 g/mol. The van der Waals surface area contributed by atoms with Crippen molar-refractivity contribution in [3.8, 4) is 0 Å². The minimum absolute atomic E-state index is 0.219. The standard InChI is InChI=1S/C12H17N3O3/c1-7-10(8(2)14(3)13-7)11(16)15-6-4-5-9(15)12(17)18/h9H,4-6H2,1-3H3,(H,17,18)/t9-/m1/s1. The van der Waals surface area contributed by atoms with Crippen LogP contribution in [0.3, 0.4) is 0 Å². The molecule has 0 saturated carbocycles. The fourth-order valence-electron chi connectivity index (χ4n) is 2.49. The second kappa shape index (κ2) is 4.44. The average molecular weight is 251 g/mol. The topological polar surface area (TPSA) is 75.4 Å². The van der Waals surface area contributed by atoms with Crippen molar-refractivity contribution in [1.82, 2.24) is 14.7 Å². The van der Waals surface area contributed by atoms with Gasteiger partial charge < -0.3 is 10.0 Å². The first-order chi connectivity index (χ1) is 8.43. The summed E-state index contributed by atoms with van der Waals surface area (Å²) < 4.78 is 1.65. The van der Waals surface area contributed by atoms with E-state index in [1.165, 1.54) is 4.90 Å². The maximum Gasteiger partial charge on any atom is 0.326 e. The van der Waals surface area contributed by atoms with Gasteiger partial charge in [0.05, 0.1) is 11.3 Å². The summed E-state index contributed by atoms with van der Waals surface area (Å²) in [6.45, 7) is 4.09. The number of aromatic nitrogens is 2. The number of carbonyl (C=O) groups is 2. The maximum atomic E-state index is 12.4. The number of aliphatic carboxylic acids is 1. The number of nitrogens with zero attached hydrogens (tertiary/aromatic N) is 3. The molecule has 2 heterocycles. The zero-order valence-electron chi connectivity index (χ0n) is 10.8. The number of carboxylic acid groups (broad SMARTS) is 1. The van der Waals surface area contributed by atoms with Gasteiger partial charge in [0.15, 0.2) is 0 Å². The van der Waals surface area contributed by atoms with Crippen molar-refractivity contribution in [3.63, 3.8) is 0 Å². The molecule has 0 radical (unpaired) electrons. The Kier molecular flexibility index (Phi) is 3.11. The lowest BCUT2D eigenvalue weighted by Gasteiger charge is -2.21. The molecule has 0 aromatic carbocycles. The van der Waals surface area contributed by atoms with Crippen LogP contribution in [-0.4, -0.2) is 44.3 Å². The molecule has 0 unspecified atom stereocenters. The third-order valence-corrected chi connectivity index (χ3v) is 3.52. The summed E-state index contributed by atoms with van der Waals surface area (Å²) in [5.41, 5.74) is 1.95. The quantitative estimate of drug-likeness (QED) is 0.840. The molecule has 1 aromatic heterocycles. The number of hydrogen-bond acceptors (Lipinski definition) is 3. The van der Waals surface area contributed by atoms with Gasteiger partial charge in [0.1, 0.15) is 6.04 Å². The van der Waals surface area contributed by atoms with Crippen LogP contribution < -0.4 is 0 Å². The van der Waals surface area contributed by atoms with Crippen molar-refractivity contribution in [2.45, 2.75) is 32.7 Å². The molecule has 1 aliphatic rings. The molecule has 6 nitrogen and oxygen atoms in total. The SMILES string of the molecule is Cc1nn(C)c(C)c1C(=O)N1CCC[C@@H]1C(=O)O. The number of aryl methyl sites for hydroxylation is 2. The predicted molar refractivity (Wildman–Crippen MR) is 64.4 cm³/mol. The van der Waals surface area contributed by atoms with E-state index < -0.39 is 12.0 Å². The molecule has 1 amide bonds. The first-order valence-electron chi connectivity index (χ1n) is 5.97. The van der Waals surface area contributed by atoms with E-state index in [4.69, 9.17) is 5.11 Å². The van der Waals surface area contributed by atoms with Gasteiger partial charge in [0.25, 0.3) is 5.91 Å². The molecule has 18 heavy (non-hydrogen) atoms. The van der Waals surface area contributed by atoms with Crippen LogP contribution in [0.5, 0.6) is 0 Å². The van der Waals surface area contributed by atoms with E-state index in [-0.39, 0.29) is 5.91 Å². The number of carbonyl (C=O) groups excluding carboxylic acids is 1. The van der Waals surface area contributed by atoms with Crippen molar-refractivity contribution in [3.05, 3.63) is 17.0 Å². The lowest BCUT2D eigenvalue weighted by Crippen LogP contribution is -2.40. The van der Waals surface area contributed by atoms with Crippen LogP contribution in [0.1, 0.15) is 34.6 Å². The Morgan fingerprint density at radius 3 is 2.56 bits per heavy atom. The summed E-state index contributed by atoms with van der Waals surface area (Å²) in [5.74, 6) is -1.15. The third kappa shape index (κ3) is 1.87. The molecule has 0 spiro atoms. The molecule has 0 aliphatic carbocycles. The molecular formula is C12H17N3O3. The summed E-state index contributed by atoms with van der Waals surface area (Å²) in [5, 5.41) is 13.3. The Morgan fingerprint density at radius 2 is 2.06 bits per heavy atom. The lowest BCUT2D eigenvalue weighted by atomic mass is 10.1. The van der Waals surface area contributed by atoms with Crippen LogP contribution in [-0.2, 0) is 11.8 Å². The second-order valence-corrected chi connectivity index (χ2v) is 4.66. The first-order valence-corrected chi connectivity index (χ1v) is 5.97. The summed E-state index contributed by atoms with van der Waals surface area (Å²) in [7, 11) is 1.78. The Morgan fingerprint density at radius 1 is 1.39 bits per heavy atom. The van der Waals surface area contributed by atoms with Crippen molar-refractivity contribution in [1.29, 1.82) is 0 Å². The van der Waals surface area contributed by atoms with Crippen molar-refractivity contribution >= 4 is 11.9 Å². The number of rotatable bonds is 2. The second-order valence-electron chi connectivity index (χ2n) is 4.66. The lowest BCUT2D eigenvalue weighted by molar-refractivity contribution is -0.141. The van der Waals surface area contributed by atoms with Crippen LogP contribution in [0.2, 0.25) is 0 Å². The van der Waals surface area contributed by atoms with E-state index >= 15 is 0 Å². The highest BCUT2D eigenvalue weighted by atomic mass is 16.4. The smallest absolute Gasteiger partial charge is 0.326 e. The minimum atomic E-state index is -0.931. The van der Waals surface area contributed by atoms with E-state index in [2.05, 4.69) is 5.10 Å². The molecule has 1 saturated heterocycles. The normalized spacial score (nSPS) is 19.3. The van der Waals surface area contributed by atoms with E-state index in [0.717, 1.165) is 12.1 Å². The molecule has 2 rings (SSSR count). The van der Waals surface area contributed by atoms with Gasteiger partial charge in [-0.15, -0.1) is 0 Å². The van der Waals surface area contributed by atoms with Crippen LogP contribution in [0.4, 0.5) is 0 Å². The molecule has 6 heteroatoms. The van der Waals surface area contributed by atoms with Gasteiger partial charge >= 0.3 is 5.97 Å². The zero-order chi connectivity index (χ0) is 13.4. The van der Waals surface area contributed by atoms with Gasteiger partial charge in [0, 0.05) is 19.3 Å². The summed E-state index contributed by atoms with van der Waals surface area (Å²) in [6, 6.07) is -0.698. The van der Waals surface area contributed by atoms with Crippen molar-refractivity contribution in [2.75, 3.05) is 6.54 Å². The van der Waals surface area contributed by atoms with E-state index in [0.29, 0.717) is 24.2 Å². The van der Waals surface area contributed by atoms with Crippen LogP contribution in [0, 0.1) is 13.8 Å². The Hall–Kier alpha value is -1.85. The van der Waals surface area contributed by atoms with E-state index in [1.807, 2.05) is 6.92 Å². The molecule has 1 aromatic rings. The largest absolute Gasteiger partial charge is 0.480 e. The molecular weight excluding hydrogens is 234 g/mol. The molecule has 1 atom stereocenters. The molecule has 0 bridgehead atoms. The average Bonchev–Trinajstić information content (AvgIpc) is 2.85. The molecule has 1 fully saturated rings. The minimum Gasteiger partial charge on any atom is -0.480 e. The number of amides is 1. The predicted octanol–water partition coefficient (Wildman–Crippen LogP) is 0.726. The Labute approximate surface area is 105 Å². The molecule has 98 valence electrons. The van der Waals surface area contributed by atoms with Crippen LogP contribution >= 0.6 is 0 Å². The van der Waals surface area contributed by atoms with Gasteiger partial charge in [-0.3, -0.25) is 9.48 Å². The van der Waals surface area contributed by atoms with E-state index in [1.54, 1.807) is 18.7 Å². The van der Waals surface area contributed by atoms with Gasteiger partial charge in [-0.2, -0.15) is 5.10 Å². The van der Waals surface area contributed by atoms with Gasteiger partial charge in [-0.1, -0.05) is 0 Å². The van der Waals surface area contributed by atoms with Gasteiger partial charge in [-0.05, 0) is 26.7 Å². The number of likely N-dealkylation sites (tertiary alicyclic amines) is 1. The summed E-state index contributed by atoms with van der Waals surface area (Å²) in [6.07, 6.45) is 1.26. The fourth-order valence-corrected chi connectivity index (χ4v) is 2.49. The van der Waals surface area contributed by atoms with Crippen molar-refractivity contribution in [2.24, 2.45) is 7.05 Å². The third-order valence-electron chi connectivity index (χ3n) is 3.52. The number of carboxylic acids is 1. The summed E-state index contributed by atoms with van der Waals surface area (Å²) >= 11 is 0. The zero-order valence-corrected chi connectivity index (χ0v) is 10.8. The van der Waals surface area contributed by atoms with Crippen molar-refractivity contribution < 1.29 is 14.7 Å². The van der Waals surface area contributed by atoms with Crippen LogP contribution in [0.25, 0.3) is 0 Å². The fraction of sp³-hybridized carbons (Fsp3) is 0.583. The number of hydrogen-bond donors (Lipinski definition) is 1. The van der Waals surface area contributed by atoms with Crippen LogP contribution in [0.15, 0.2) is 0 Å². The maximum absolute atomic E-state index is 12.4. The Bertz CT molecular complexity index is 507. The van der Waals surface area contributed by atoms with Gasteiger partial charge in [0.2, 0.25) is 0 Å². The Balaban J connectivity index is 2.34. The van der Waals surface area contributed by atoms with Gasteiger partial charge in [-0.25, -0.2) is 4.79 Å². The first kappa shape index (κ1) is 12.6. The highest BCUT2D eigenvalue weighted by Crippen LogP contribution is 2.23. The highest BCUT2D eigenvalue weighted by Gasteiger charge is 2.36. The van der Waals surface area contributed by atoms with E-state index in [9.17, 15) is 9.59 Å².